The molecule has 0 radical (unpaired) electrons. The Balaban J connectivity index is 1.47. The number of allylic oxidation sites excluding steroid dienone is 10. The average molecular weight is 442 g/mol. The van der Waals surface area contributed by atoms with E-state index in [-0.39, 0.29) is 0 Å². The summed E-state index contributed by atoms with van der Waals surface area (Å²) in [5, 5.41) is 0. The van der Waals surface area contributed by atoms with Crippen molar-refractivity contribution in [2.45, 2.75) is 38.9 Å². The lowest BCUT2D eigenvalue weighted by molar-refractivity contribution is 0.00578. The summed E-state index contributed by atoms with van der Waals surface area (Å²) in [5.41, 5.74) is 10.2. The van der Waals surface area contributed by atoms with E-state index in [1.54, 1.807) is 0 Å². The molecule has 1 unspecified atom stereocenters. The van der Waals surface area contributed by atoms with Crippen LogP contribution in [0.25, 0.3) is 23.3 Å². The second-order valence-electron chi connectivity index (χ2n) is 10.8. The van der Waals surface area contributed by atoms with E-state index in [0.717, 1.165) is 5.47 Å². The minimum absolute atomic E-state index is 0.402. The van der Waals surface area contributed by atoms with Gasteiger partial charge in [-0.15, -0.1) is 0 Å². The Hall–Kier alpha value is -3.14. The van der Waals surface area contributed by atoms with Crippen LogP contribution in [-0.2, 0) is 9.31 Å². The van der Waals surface area contributed by atoms with Gasteiger partial charge < -0.3 is 9.31 Å². The molecule has 1 aliphatic heterocycles. The molecule has 1 atom stereocenters. The molecular weight excluding hydrogens is 415 g/mol. The summed E-state index contributed by atoms with van der Waals surface area (Å²) >= 11 is 0. The van der Waals surface area contributed by atoms with Gasteiger partial charge in [0, 0.05) is 0 Å². The molecule has 4 aliphatic carbocycles. The molecule has 0 aromatic heterocycles. The lowest BCUT2D eigenvalue weighted by Gasteiger charge is -2.42. The topological polar surface area (TPSA) is 18.5 Å². The van der Waals surface area contributed by atoms with E-state index in [1.165, 1.54) is 44.5 Å². The van der Waals surface area contributed by atoms with E-state index in [1.807, 2.05) is 0 Å². The summed E-state index contributed by atoms with van der Waals surface area (Å²) in [4.78, 5) is 0. The minimum atomic E-state index is -0.451. The molecular formula is C31H27BO2. The van der Waals surface area contributed by atoms with Crippen molar-refractivity contribution in [3.05, 3.63) is 118 Å². The Morgan fingerprint density at radius 3 is 1.76 bits per heavy atom. The fraction of sp³-hybridized carbons (Fsp3) is 0.226. The predicted molar refractivity (Wildman–Crippen MR) is 141 cm³/mol. The smallest absolute Gasteiger partial charge is 0.400 e. The van der Waals surface area contributed by atoms with Crippen LogP contribution in [0.1, 0.15) is 49.9 Å². The zero-order chi connectivity index (χ0) is 23.3. The van der Waals surface area contributed by atoms with Gasteiger partial charge in [-0.05, 0) is 89.9 Å². The van der Waals surface area contributed by atoms with Gasteiger partial charge in [-0.2, -0.15) is 0 Å². The normalized spacial score (nSPS) is 26.7. The molecule has 1 spiro atoms. The first-order valence-electron chi connectivity index (χ1n) is 12.1. The van der Waals surface area contributed by atoms with Gasteiger partial charge in [-0.3, -0.25) is 0 Å². The first-order chi connectivity index (χ1) is 16.3. The Morgan fingerprint density at radius 2 is 1.18 bits per heavy atom. The Morgan fingerprint density at radius 1 is 0.647 bits per heavy atom. The first-order valence-corrected chi connectivity index (χ1v) is 12.1. The summed E-state index contributed by atoms with van der Waals surface area (Å²) in [6.07, 6.45) is 16.1. The highest BCUT2D eigenvalue weighted by molar-refractivity contribution is 6.56. The quantitative estimate of drug-likeness (QED) is 0.440. The fourth-order valence-electron chi connectivity index (χ4n) is 6.06. The maximum absolute atomic E-state index is 6.65. The van der Waals surface area contributed by atoms with Crippen LogP contribution in [0.3, 0.4) is 0 Å². The maximum atomic E-state index is 6.65. The molecule has 0 bridgehead atoms. The van der Waals surface area contributed by atoms with Crippen molar-refractivity contribution in [1.82, 2.24) is 0 Å². The second-order valence-corrected chi connectivity index (χ2v) is 10.8. The molecule has 166 valence electrons. The van der Waals surface area contributed by atoms with Gasteiger partial charge in [0.15, 0.2) is 0 Å². The van der Waals surface area contributed by atoms with Crippen LogP contribution in [0.15, 0.2) is 95.5 Å². The van der Waals surface area contributed by atoms with Crippen molar-refractivity contribution >= 4 is 30.4 Å². The molecule has 5 aliphatic rings. The molecule has 34 heavy (non-hydrogen) atoms. The van der Waals surface area contributed by atoms with E-state index in [2.05, 4.69) is 119 Å². The number of fused-ring (bicyclic) bond motifs is 8. The van der Waals surface area contributed by atoms with Crippen LogP contribution >= 0.6 is 0 Å². The van der Waals surface area contributed by atoms with Gasteiger partial charge in [0.05, 0.1) is 16.6 Å². The number of hydrogen-bond donors (Lipinski definition) is 0. The third-order valence-electron chi connectivity index (χ3n) is 8.53. The van der Waals surface area contributed by atoms with Crippen molar-refractivity contribution < 1.29 is 9.31 Å². The summed E-state index contributed by atoms with van der Waals surface area (Å²) < 4.78 is 13.3. The molecule has 2 aromatic rings. The number of benzene rings is 2. The van der Waals surface area contributed by atoms with Gasteiger partial charge in [0.1, 0.15) is 0 Å². The van der Waals surface area contributed by atoms with Crippen molar-refractivity contribution in [2.75, 3.05) is 0 Å². The molecule has 0 N–H and O–H groups in total. The minimum Gasteiger partial charge on any atom is -0.400 e. The summed E-state index contributed by atoms with van der Waals surface area (Å²) in [5.74, 6) is 0. The molecule has 1 saturated heterocycles. The highest BCUT2D eigenvalue weighted by Crippen LogP contribution is 2.62. The highest BCUT2D eigenvalue weighted by Gasteiger charge is 2.59. The van der Waals surface area contributed by atoms with Crippen LogP contribution in [0.2, 0.25) is 0 Å². The van der Waals surface area contributed by atoms with Gasteiger partial charge in [0.2, 0.25) is 0 Å². The lowest BCUT2D eigenvalue weighted by Crippen LogP contribution is -2.41. The van der Waals surface area contributed by atoms with Crippen molar-refractivity contribution in [3.8, 4) is 0 Å². The Labute approximate surface area is 201 Å². The third kappa shape index (κ3) is 2.44. The van der Waals surface area contributed by atoms with Crippen LogP contribution in [0.4, 0.5) is 0 Å². The number of hydrogen-bond acceptors (Lipinski definition) is 2. The lowest BCUT2D eigenvalue weighted by atomic mass is 9.52. The maximum Gasteiger partial charge on any atom is 0.492 e. The zero-order valence-corrected chi connectivity index (χ0v) is 20.1. The highest BCUT2D eigenvalue weighted by atomic mass is 16.7. The average Bonchev–Trinajstić information content (AvgIpc) is 3.44. The van der Waals surface area contributed by atoms with E-state index >= 15 is 0 Å². The van der Waals surface area contributed by atoms with Crippen molar-refractivity contribution in [2.24, 2.45) is 5.41 Å². The molecule has 7 rings (SSSR count). The molecule has 0 saturated carbocycles. The Kier molecular flexibility index (Phi) is 3.87. The molecule has 1 fully saturated rings. The standard InChI is InChI=1S/C31H27BO2/c1-29(2)30(3,4)34-32(33-29)28-16-15-25-23-13-8-6-11-21(23)19-27(25)31(28)17-9-14-24-22-12-7-5-10-20(22)18-26(24)31/h5-19H,1-4H3. The second kappa shape index (κ2) is 6.50. The summed E-state index contributed by atoms with van der Waals surface area (Å²) in [7, 11) is -0.430. The molecule has 2 nitrogen and oxygen atoms in total. The van der Waals surface area contributed by atoms with Gasteiger partial charge in [-0.1, -0.05) is 78.9 Å². The van der Waals surface area contributed by atoms with Gasteiger partial charge in [-0.25, -0.2) is 0 Å². The number of rotatable bonds is 1. The van der Waals surface area contributed by atoms with Crippen molar-refractivity contribution in [1.29, 1.82) is 0 Å². The zero-order valence-electron chi connectivity index (χ0n) is 20.1. The van der Waals surface area contributed by atoms with Crippen molar-refractivity contribution in [3.63, 3.8) is 0 Å². The van der Waals surface area contributed by atoms with Crippen LogP contribution in [-0.4, -0.2) is 18.3 Å². The van der Waals surface area contributed by atoms with E-state index < -0.39 is 23.7 Å². The summed E-state index contributed by atoms with van der Waals surface area (Å²) in [6, 6.07) is 17.4. The Bertz CT molecular complexity index is 1420. The van der Waals surface area contributed by atoms with E-state index in [9.17, 15) is 0 Å². The summed E-state index contributed by atoms with van der Waals surface area (Å²) in [6.45, 7) is 8.51. The van der Waals surface area contributed by atoms with Crippen LogP contribution < -0.4 is 0 Å². The van der Waals surface area contributed by atoms with Crippen LogP contribution in [0.5, 0.6) is 0 Å². The van der Waals surface area contributed by atoms with Gasteiger partial charge in [0.25, 0.3) is 0 Å². The molecule has 1 heterocycles. The molecule has 3 heteroatoms. The first kappa shape index (κ1) is 20.3. The molecule has 2 aromatic carbocycles. The van der Waals surface area contributed by atoms with Gasteiger partial charge >= 0.3 is 7.12 Å². The molecule has 0 amide bonds. The largest absolute Gasteiger partial charge is 0.492 e. The third-order valence-corrected chi connectivity index (χ3v) is 8.53. The SMILES string of the molecule is CC1(C)OB(C2=CC=C3C(=Cc4ccccc43)C23C=CC=C2C3=Cc3ccccc32)OC1(C)C. The van der Waals surface area contributed by atoms with E-state index in [0.29, 0.717) is 0 Å². The van der Waals surface area contributed by atoms with E-state index in [4.69, 9.17) is 9.31 Å². The monoisotopic (exact) mass is 442 g/mol. The predicted octanol–water partition coefficient (Wildman–Crippen LogP) is 7.08. The fourth-order valence-corrected chi connectivity index (χ4v) is 6.06. The van der Waals surface area contributed by atoms with Crippen LogP contribution in [0, 0.1) is 5.41 Å².